The number of ether oxygens (including phenoxy) is 1. The summed E-state index contributed by atoms with van der Waals surface area (Å²) in [6.07, 6.45) is 1.42. The average Bonchev–Trinajstić information content (AvgIpc) is 2.83. The summed E-state index contributed by atoms with van der Waals surface area (Å²) in [7, 11) is 1.56. The maximum absolute atomic E-state index is 12.8. The van der Waals surface area contributed by atoms with Crippen molar-refractivity contribution in [3.05, 3.63) is 64.7 Å². The molecule has 0 saturated carbocycles. The molecule has 1 heterocycles. The molecule has 0 aromatic heterocycles. The van der Waals surface area contributed by atoms with Gasteiger partial charge in [-0.3, -0.25) is 4.79 Å². The Morgan fingerprint density at radius 3 is 2.56 bits per heavy atom. The number of hydrogen-bond donors (Lipinski definition) is 1. The second-order valence-corrected chi connectivity index (χ2v) is 6.14. The van der Waals surface area contributed by atoms with Crippen LogP contribution in [0.2, 0.25) is 5.02 Å². The topological polar surface area (TPSA) is 71.0 Å². The number of benzene rings is 2. The number of urea groups is 1. The normalized spacial score (nSPS) is 20.2. The third-order valence-electron chi connectivity index (χ3n) is 4.01. The molecule has 2 aromatic rings. The highest BCUT2D eigenvalue weighted by molar-refractivity contribution is 6.30. The minimum Gasteiger partial charge on any atom is -0.497 e. The number of nitrogens with zero attached hydrogens (tertiary/aromatic N) is 2. The number of methoxy groups -OCH3 is 1. The molecule has 6 nitrogen and oxygen atoms in total. The molecule has 1 fully saturated rings. The molecule has 3 rings (SSSR count). The van der Waals surface area contributed by atoms with E-state index >= 15 is 0 Å². The summed E-state index contributed by atoms with van der Waals surface area (Å²) in [5.41, 5.74) is 0.146. The van der Waals surface area contributed by atoms with Gasteiger partial charge in [0.1, 0.15) is 11.3 Å². The van der Waals surface area contributed by atoms with E-state index in [-0.39, 0.29) is 0 Å². The maximum Gasteiger partial charge on any atom is 0.346 e. The van der Waals surface area contributed by atoms with E-state index in [1.54, 1.807) is 62.6 Å². The van der Waals surface area contributed by atoms with Crippen LogP contribution in [0.1, 0.15) is 18.1 Å². The fraction of sp³-hybridized carbons (Fsp3) is 0.167. The molecular weight excluding hydrogens is 342 g/mol. The highest BCUT2D eigenvalue weighted by Crippen LogP contribution is 2.30. The van der Waals surface area contributed by atoms with Gasteiger partial charge in [-0.05, 0) is 42.3 Å². The Bertz CT molecular complexity index is 851. The Kier molecular flexibility index (Phi) is 4.46. The predicted molar refractivity (Wildman–Crippen MR) is 94.8 cm³/mol. The van der Waals surface area contributed by atoms with E-state index in [9.17, 15) is 9.59 Å². The smallest absolute Gasteiger partial charge is 0.346 e. The Morgan fingerprint density at radius 1 is 1.20 bits per heavy atom. The molecule has 25 heavy (non-hydrogen) atoms. The summed E-state index contributed by atoms with van der Waals surface area (Å²) in [5, 5.41) is 8.07. The van der Waals surface area contributed by atoms with Crippen LogP contribution in [0, 0.1) is 0 Å². The van der Waals surface area contributed by atoms with E-state index in [0.717, 1.165) is 5.01 Å². The van der Waals surface area contributed by atoms with Gasteiger partial charge in [0.25, 0.3) is 5.91 Å². The molecule has 0 spiro atoms. The van der Waals surface area contributed by atoms with Gasteiger partial charge in [0.2, 0.25) is 0 Å². The number of carbonyl (C=O) groups is 2. The molecule has 0 radical (unpaired) electrons. The van der Waals surface area contributed by atoms with E-state index in [2.05, 4.69) is 10.4 Å². The molecule has 3 amide bonds. The first-order chi connectivity index (χ1) is 11.9. The minimum absolute atomic E-state index is 0.457. The standard InChI is InChI=1S/C18H16ClN3O3/c1-18(13-6-8-15(25-2)9-7-13)16(23)22(17(24)21-18)20-11-12-4-3-5-14(19)10-12/h3-11H,1-2H3,(H,21,24)/b20-11-/t18-/m0/s1. The third-order valence-corrected chi connectivity index (χ3v) is 4.24. The van der Waals surface area contributed by atoms with Crippen LogP contribution in [0.15, 0.2) is 53.6 Å². The van der Waals surface area contributed by atoms with Gasteiger partial charge in [0.05, 0.1) is 13.3 Å². The van der Waals surface area contributed by atoms with Gasteiger partial charge in [-0.2, -0.15) is 5.10 Å². The summed E-state index contributed by atoms with van der Waals surface area (Å²) >= 11 is 5.92. The molecule has 1 saturated heterocycles. The van der Waals surface area contributed by atoms with Gasteiger partial charge in [-0.15, -0.1) is 5.01 Å². The lowest BCUT2D eigenvalue weighted by atomic mass is 9.92. The molecule has 0 unspecified atom stereocenters. The SMILES string of the molecule is COc1ccc([C@]2(C)NC(=O)N(/N=C\c3cccc(Cl)c3)C2=O)cc1. The third kappa shape index (κ3) is 3.21. The van der Waals surface area contributed by atoms with Gasteiger partial charge >= 0.3 is 6.03 Å². The number of halogens is 1. The summed E-state index contributed by atoms with van der Waals surface area (Å²) in [6, 6.07) is 13.3. The zero-order valence-electron chi connectivity index (χ0n) is 13.7. The quantitative estimate of drug-likeness (QED) is 0.675. The lowest BCUT2D eigenvalue weighted by Crippen LogP contribution is -2.40. The van der Waals surface area contributed by atoms with Crippen LogP contribution in [0.3, 0.4) is 0 Å². The number of amides is 3. The van der Waals surface area contributed by atoms with Crippen molar-refractivity contribution in [1.29, 1.82) is 0 Å². The summed E-state index contributed by atoms with van der Waals surface area (Å²) in [5.74, 6) is 0.209. The van der Waals surface area contributed by atoms with Crippen molar-refractivity contribution in [2.75, 3.05) is 7.11 Å². The maximum atomic E-state index is 12.8. The first kappa shape index (κ1) is 17.0. The van der Waals surface area contributed by atoms with E-state index in [1.807, 2.05) is 0 Å². The molecule has 0 aliphatic carbocycles. The van der Waals surface area contributed by atoms with Crippen molar-refractivity contribution in [2.24, 2.45) is 5.10 Å². The zero-order valence-corrected chi connectivity index (χ0v) is 14.4. The first-order valence-corrected chi connectivity index (χ1v) is 7.92. The molecule has 1 aliphatic rings. The van der Waals surface area contributed by atoms with Crippen LogP contribution in [-0.2, 0) is 10.3 Å². The van der Waals surface area contributed by atoms with Crippen molar-refractivity contribution in [3.8, 4) is 5.75 Å². The van der Waals surface area contributed by atoms with Crippen LogP contribution in [0.4, 0.5) is 4.79 Å². The Morgan fingerprint density at radius 2 is 1.92 bits per heavy atom. The molecule has 128 valence electrons. The lowest BCUT2D eigenvalue weighted by molar-refractivity contribution is -0.131. The van der Waals surface area contributed by atoms with Gasteiger partial charge < -0.3 is 10.1 Å². The summed E-state index contributed by atoms with van der Waals surface area (Å²) in [6.45, 7) is 1.64. The second-order valence-electron chi connectivity index (χ2n) is 5.70. The van der Waals surface area contributed by atoms with E-state index in [4.69, 9.17) is 16.3 Å². The molecule has 1 aliphatic heterocycles. The largest absolute Gasteiger partial charge is 0.497 e. The molecule has 1 N–H and O–H groups in total. The van der Waals surface area contributed by atoms with Gasteiger partial charge in [0.15, 0.2) is 0 Å². The van der Waals surface area contributed by atoms with Crippen molar-refractivity contribution in [2.45, 2.75) is 12.5 Å². The lowest BCUT2D eigenvalue weighted by Gasteiger charge is -2.21. The fourth-order valence-electron chi connectivity index (χ4n) is 2.56. The molecule has 1 atom stereocenters. The fourth-order valence-corrected chi connectivity index (χ4v) is 2.76. The van der Waals surface area contributed by atoms with Crippen molar-refractivity contribution < 1.29 is 14.3 Å². The number of hydrazone groups is 1. The Balaban J connectivity index is 1.86. The van der Waals surface area contributed by atoms with Crippen LogP contribution in [-0.4, -0.2) is 30.3 Å². The van der Waals surface area contributed by atoms with Crippen LogP contribution in [0.25, 0.3) is 0 Å². The van der Waals surface area contributed by atoms with E-state index in [0.29, 0.717) is 21.9 Å². The van der Waals surface area contributed by atoms with Gasteiger partial charge in [0, 0.05) is 5.02 Å². The van der Waals surface area contributed by atoms with Crippen LogP contribution < -0.4 is 10.1 Å². The van der Waals surface area contributed by atoms with Crippen molar-refractivity contribution in [1.82, 2.24) is 10.3 Å². The highest BCUT2D eigenvalue weighted by Gasteiger charge is 2.49. The number of carbonyl (C=O) groups excluding carboxylic acids is 2. The first-order valence-electron chi connectivity index (χ1n) is 7.55. The summed E-state index contributed by atoms with van der Waals surface area (Å²) < 4.78 is 5.11. The Labute approximate surface area is 150 Å². The number of hydrogen-bond acceptors (Lipinski definition) is 4. The van der Waals surface area contributed by atoms with Gasteiger partial charge in [-0.25, -0.2) is 4.79 Å². The molecule has 7 heteroatoms. The van der Waals surface area contributed by atoms with E-state index < -0.39 is 17.5 Å². The average molecular weight is 358 g/mol. The van der Waals surface area contributed by atoms with Crippen LogP contribution >= 0.6 is 11.6 Å². The monoisotopic (exact) mass is 357 g/mol. The minimum atomic E-state index is -1.19. The van der Waals surface area contributed by atoms with Crippen molar-refractivity contribution >= 4 is 29.8 Å². The second kappa shape index (κ2) is 6.57. The number of nitrogens with one attached hydrogen (secondary N) is 1. The number of rotatable bonds is 4. The van der Waals surface area contributed by atoms with Crippen molar-refractivity contribution in [3.63, 3.8) is 0 Å². The number of imide groups is 1. The molecule has 0 bridgehead atoms. The van der Waals surface area contributed by atoms with E-state index in [1.165, 1.54) is 6.21 Å². The summed E-state index contributed by atoms with van der Waals surface area (Å²) in [4.78, 5) is 25.0. The molecular formula is C18H16ClN3O3. The molecule has 2 aromatic carbocycles. The Hall–Kier alpha value is -2.86. The van der Waals surface area contributed by atoms with Crippen LogP contribution in [0.5, 0.6) is 5.75 Å². The predicted octanol–water partition coefficient (Wildman–Crippen LogP) is 3.15. The van der Waals surface area contributed by atoms with Gasteiger partial charge in [-0.1, -0.05) is 35.9 Å². The highest BCUT2D eigenvalue weighted by atomic mass is 35.5. The zero-order chi connectivity index (χ0) is 18.0.